The van der Waals surface area contributed by atoms with Gasteiger partial charge in [0.25, 0.3) is 5.91 Å². The summed E-state index contributed by atoms with van der Waals surface area (Å²) in [5.74, 6) is -0.861. The van der Waals surface area contributed by atoms with Crippen molar-refractivity contribution in [2.24, 2.45) is 0 Å². The number of benzene rings is 1. The molecule has 3 rings (SSSR count). The molecule has 7 nitrogen and oxygen atoms in total. The number of carbonyl (C=O) groups excluding carboxylic acids is 3. The summed E-state index contributed by atoms with van der Waals surface area (Å²) in [6.07, 6.45) is 1.81. The maximum absolute atomic E-state index is 12.1. The molecule has 8 heteroatoms. The van der Waals surface area contributed by atoms with Crippen molar-refractivity contribution in [2.75, 3.05) is 18.4 Å². The van der Waals surface area contributed by atoms with Crippen LogP contribution in [-0.4, -0.2) is 46.8 Å². The molecule has 1 aromatic carbocycles. The lowest BCUT2D eigenvalue weighted by Crippen LogP contribution is -2.39. The van der Waals surface area contributed by atoms with Gasteiger partial charge in [0.15, 0.2) is 0 Å². The summed E-state index contributed by atoms with van der Waals surface area (Å²) in [7, 11) is 0. The fraction of sp³-hybridized carbons (Fsp3) is 0.333. The Hall–Kier alpha value is -2.59. The SMILES string of the molecule is N#Cc1ccc(NC(=O)CN2C(=O)CN(C3CC3)C2=O)cc1Cl. The van der Waals surface area contributed by atoms with Gasteiger partial charge in [-0.05, 0) is 31.0 Å². The number of nitrogens with one attached hydrogen (secondary N) is 1. The summed E-state index contributed by atoms with van der Waals surface area (Å²) in [6.45, 7) is -0.294. The molecule has 0 bridgehead atoms. The molecule has 0 aromatic heterocycles. The maximum Gasteiger partial charge on any atom is 0.327 e. The van der Waals surface area contributed by atoms with Crippen molar-refractivity contribution in [1.82, 2.24) is 9.80 Å². The molecule has 4 amide bonds. The van der Waals surface area contributed by atoms with Gasteiger partial charge in [-0.25, -0.2) is 4.79 Å². The van der Waals surface area contributed by atoms with Gasteiger partial charge in [-0.15, -0.1) is 0 Å². The second kappa shape index (κ2) is 5.89. The molecular weight excluding hydrogens is 320 g/mol. The summed E-state index contributed by atoms with van der Waals surface area (Å²) < 4.78 is 0. The summed E-state index contributed by atoms with van der Waals surface area (Å²) in [6, 6.07) is 6.11. The van der Waals surface area contributed by atoms with Crippen molar-refractivity contribution >= 4 is 35.1 Å². The van der Waals surface area contributed by atoms with E-state index in [4.69, 9.17) is 16.9 Å². The van der Waals surface area contributed by atoms with E-state index in [2.05, 4.69) is 5.32 Å². The zero-order valence-corrected chi connectivity index (χ0v) is 12.8. The molecule has 2 aliphatic rings. The maximum atomic E-state index is 12.1. The van der Waals surface area contributed by atoms with Crippen LogP contribution in [0.15, 0.2) is 18.2 Å². The Kier molecular flexibility index (Phi) is 3.92. The number of anilines is 1. The second-order valence-electron chi connectivity index (χ2n) is 5.48. The highest BCUT2D eigenvalue weighted by Crippen LogP contribution is 2.30. The number of hydrogen-bond acceptors (Lipinski definition) is 4. The molecule has 2 fully saturated rings. The minimum Gasteiger partial charge on any atom is -0.324 e. The van der Waals surface area contributed by atoms with Crippen molar-refractivity contribution in [1.29, 1.82) is 5.26 Å². The van der Waals surface area contributed by atoms with Crippen molar-refractivity contribution in [2.45, 2.75) is 18.9 Å². The molecular formula is C15H13ClN4O3. The number of imide groups is 1. The molecule has 1 heterocycles. The molecule has 0 spiro atoms. The lowest BCUT2D eigenvalue weighted by atomic mass is 10.2. The van der Waals surface area contributed by atoms with Crippen LogP contribution < -0.4 is 5.32 Å². The van der Waals surface area contributed by atoms with Crippen molar-refractivity contribution in [3.63, 3.8) is 0 Å². The second-order valence-corrected chi connectivity index (χ2v) is 5.88. The molecule has 1 aliphatic heterocycles. The Bertz CT molecular complexity index is 739. The first-order valence-corrected chi connectivity index (χ1v) is 7.48. The fourth-order valence-corrected chi connectivity index (χ4v) is 2.64. The van der Waals surface area contributed by atoms with Crippen molar-refractivity contribution in [3.05, 3.63) is 28.8 Å². The van der Waals surface area contributed by atoms with Crippen LogP contribution in [0.4, 0.5) is 10.5 Å². The van der Waals surface area contributed by atoms with Crippen LogP contribution in [0.5, 0.6) is 0 Å². The van der Waals surface area contributed by atoms with Crippen molar-refractivity contribution < 1.29 is 14.4 Å². The average Bonchev–Trinajstić information content (AvgIpc) is 3.30. The first-order valence-electron chi connectivity index (χ1n) is 7.10. The van der Waals surface area contributed by atoms with Crippen LogP contribution in [0.1, 0.15) is 18.4 Å². The minimum absolute atomic E-state index is 0.0411. The number of rotatable bonds is 4. The van der Waals surface area contributed by atoms with Gasteiger partial charge in [0, 0.05) is 11.7 Å². The number of urea groups is 1. The number of nitriles is 1. The predicted octanol–water partition coefficient (Wildman–Crippen LogP) is 1.58. The van der Waals surface area contributed by atoms with Crippen LogP contribution in [-0.2, 0) is 9.59 Å². The van der Waals surface area contributed by atoms with Crippen LogP contribution in [0, 0.1) is 11.3 Å². The molecule has 1 aliphatic carbocycles. The Labute approximate surface area is 137 Å². The average molecular weight is 333 g/mol. The first kappa shape index (κ1) is 15.3. The van der Waals surface area contributed by atoms with Gasteiger partial charge in [0.1, 0.15) is 19.2 Å². The van der Waals surface area contributed by atoms with Gasteiger partial charge in [-0.2, -0.15) is 5.26 Å². The normalized spacial score (nSPS) is 17.4. The third-order valence-electron chi connectivity index (χ3n) is 3.75. The van der Waals surface area contributed by atoms with E-state index in [9.17, 15) is 14.4 Å². The number of nitrogens with zero attached hydrogens (tertiary/aromatic N) is 3. The van der Waals surface area contributed by atoms with Crippen LogP contribution in [0.25, 0.3) is 0 Å². The van der Waals surface area contributed by atoms with E-state index in [1.807, 2.05) is 6.07 Å². The van der Waals surface area contributed by atoms with Crippen LogP contribution >= 0.6 is 11.6 Å². The van der Waals surface area contributed by atoms with Gasteiger partial charge >= 0.3 is 6.03 Å². The molecule has 1 N–H and O–H groups in total. The molecule has 1 aromatic rings. The van der Waals surface area contributed by atoms with Gasteiger partial charge < -0.3 is 10.2 Å². The van der Waals surface area contributed by atoms with Crippen LogP contribution in [0.2, 0.25) is 5.02 Å². The molecule has 118 valence electrons. The number of amides is 4. The number of halogens is 1. The van der Waals surface area contributed by atoms with E-state index in [1.54, 1.807) is 0 Å². The molecule has 0 unspecified atom stereocenters. The number of hydrogen-bond donors (Lipinski definition) is 1. The van der Waals surface area contributed by atoms with Gasteiger partial charge in [0.05, 0.1) is 10.6 Å². The molecule has 1 saturated carbocycles. The Balaban J connectivity index is 1.63. The standard InChI is InChI=1S/C15H13ClN4O3/c16-12-5-10(2-1-9(12)6-17)18-13(21)7-20-14(22)8-19(15(20)23)11-3-4-11/h1-2,5,11H,3-4,7-8H2,(H,18,21). The first-order chi connectivity index (χ1) is 11.0. The van der Waals surface area contributed by atoms with E-state index in [-0.39, 0.29) is 30.1 Å². The van der Waals surface area contributed by atoms with Gasteiger partial charge in [-0.1, -0.05) is 11.6 Å². The lowest BCUT2D eigenvalue weighted by molar-refractivity contribution is -0.129. The Morgan fingerprint density at radius 1 is 1.39 bits per heavy atom. The monoisotopic (exact) mass is 332 g/mol. The van der Waals surface area contributed by atoms with E-state index in [0.717, 1.165) is 17.7 Å². The van der Waals surface area contributed by atoms with E-state index in [0.29, 0.717) is 11.3 Å². The molecule has 23 heavy (non-hydrogen) atoms. The molecule has 0 atom stereocenters. The fourth-order valence-electron chi connectivity index (χ4n) is 2.42. The summed E-state index contributed by atoms with van der Waals surface area (Å²) in [5, 5.41) is 11.6. The minimum atomic E-state index is -0.495. The van der Waals surface area contributed by atoms with Gasteiger partial charge in [-0.3, -0.25) is 14.5 Å². The lowest BCUT2D eigenvalue weighted by Gasteiger charge is -2.16. The largest absolute Gasteiger partial charge is 0.327 e. The van der Waals surface area contributed by atoms with E-state index < -0.39 is 11.9 Å². The third-order valence-corrected chi connectivity index (χ3v) is 4.06. The highest BCUT2D eigenvalue weighted by molar-refractivity contribution is 6.32. The zero-order chi connectivity index (χ0) is 16.6. The van der Waals surface area contributed by atoms with E-state index in [1.165, 1.54) is 23.1 Å². The molecule has 0 radical (unpaired) electrons. The quantitative estimate of drug-likeness (QED) is 0.847. The highest BCUT2D eigenvalue weighted by atomic mass is 35.5. The zero-order valence-electron chi connectivity index (χ0n) is 12.1. The summed E-state index contributed by atoms with van der Waals surface area (Å²) in [4.78, 5) is 38.5. The smallest absolute Gasteiger partial charge is 0.324 e. The summed E-state index contributed by atoms with van der Waals surface area (Å²) >= 11 is 5.89. The topological polar surface area (TPSA) is 93.5 Å². The van der Waals surface area contributed by atoms with E-state index >= 15 is 0 Å². The number of carbonyl (C=O) groups is 3. The molecule has 1 saturated heterocycles. The predicted molar refractivity (Wildman–Crippen MR) is 81.6 cm³/mol. The highest BCUT2D eigenvalue weighted by Gasteiger charge is 2.44. The third kappa shape index (κ3) is 3.12. The van der Waals surface area contributed by atoms with Crippen molar-refractivity contribution in [3.8, 4) is 6.07 Å². The van der Waals surface area contributed by atoms with Gasteiger partial charge in [0.2, 0.25) is 5.91 Å². The van der Waals surface area contributed by atoms with Crippen LogP contribution in [0.3, 0.4) is 0 Å². The Morgan fingerprint density at radius 3 is 2.74 bits per heavy atom. The Morgan fingerprint density at radius 2 is 2.13 bits per heavy atom. The summed E-state index contributed by atoms with van der Waals surface area (Å²) in [5.41, 5.74) is 0.701.